The molecule has 1 heterocycles. The van der Waals surface area contributed by atoms with Crippen LogP contribution in [0.3, 0.4) is 0 Å². The van der Waals surface area contributed by atoms with Gasteiger partial charge in [0.1, 0.15) is 5.75 Å². The molecule has 1 unspecified atom stereocenters. The van der Waals surface area contributed by atoms with Crippen molar-refractivity contribution in [1.82, 2.24) is 15.1 Å². The molecule has 0 radical (unpaired) electrons. The highest BCUT2D eigenvalue weighted by atomic mass is 16.3. The van der Waals surface area contributed by atoms with Crippen molar-refractivity contribution < 1.29 is 5.11 Å². The van der Waals surface area contributed by atoms with Gasteiger partial charge >= 0.3 is 0 Å². The maximum absolute atomic E-state index is 9.58. The van der Waals surface area contributed by atoms with E-state index >= 15 is 0 Å². The quantitative estimate of drug-likeness (QED) is 0.897. The third kappa shape index (κ3) is 2.70. The lowest BCUT2D eigenvalue weighted by molar-refractivity contribution is 0.450. The van der Waals surface area contributed by atoms with Crippen molar-refractivity contribution in [3.05, 3.63) is 47.3 Å². The predicted octanol–water partition coefficient (Wildman–Crippen LogP) is 2.34. The Balaban J connectivity index is 1.63. The molecule has 0 saturated heterocycles. The number of benzene rings is 1. The van der Waals surface area contributed by atoms with Crippen molar-refractivity contribution in [3.63, 3.8) is 0 Å². The number of nitrogens with zero attached hydrogens (tertiary/aromatic N) is 2. The first kappa shape index (κ1) is 13.2. The summed E-state index contributed by atoms with van der Waals surface area (Å²) in [5, 5.41) is 17.4. The number of nitrogens with one attached hydrogen (secondary N) is 1. The molecule has 3 rings (SSSR count). The zero-order chi connectivity index (χ0) is 13.9. The highest BCUT2D eigenvalue weighted by Gasteiger charge is 2.19. The molecule has 0 saturated carbocycles. The largest absolute Gasteiger partial charge is 0.508 e. The van der Waals surface area contributed by atoms with Gasteiger partial charge in [-0.05, 0) is 48.6 Å². The van der Waals surface area contributed by atoms with Gasteiger partial charge in [0.25, 0.3) is 0 Å². The van der Waals surface area contributed by atoms with Crippen molar-refractivity contribution in [2.75, 3.05) is 6.54 Å². The summed E-state index contributed by atoms with van der Waals surface area (Å²) in [6.07, 6.45) is 6.25. The topological polar surface area (TPSA) is 50.1 Å². The van der Waals surface area contributed by atoms with Gasteiger partial charge in [-0.25, -0.2) is 0 Å². The second-order valence-electron chi connectivity index (χ2n) is 5.48. The summed E-state index contributed by atoms with van der Waals surface area (Å²) in [7, 11) is 1.98. The van der Waals surface area contributed by atoms with Gasteiger partial charge in [-0.3, -0.25) is 4.68 Å². The molecule has 4 heteroatoms. The molecule has 2 N–H and O–H groups in total. The summed E-state index contributed by atoms with van der Waals surface area (Å²) in [4.78, 5) is 0. The average Bonchev–Trinajstić information content (AvgIpc) is 2.84. The Morgan fingerprint density at radius 3 is 3.10 bits per heavy atom. The molecule has 1 aliphatic rings. The van der Waals surface area contributed by atoms with Gasteiger partial charge in [0.2, 0.25) is 0 Å². The lowest BCUT2D eigenvalue weighted by Crippen LogP contribution is -2.27. The van der Waals surface area contributed by atoms with Crippen LogP contribution in [0.25, 0.3) is 0 Å². The SMILES string of the molecule is Cn1nccc1CCNC1CCCc2cc(O)ccc21. The Morgan fingerprint density at radius 1 is 1.40 bits per heavy atom. The molecular formula is C16H21N3O. The smallest absolute Gasteiger partial charge is 0.115 e. The van der Waals surface area contributed by atoms with Crippen LogP contribution in [-0.2, 0) is 19.9 Å². The number of aromatic nitrogens is 2. The molecule has 0 bridgehead atoms. The number of fused-ring (bicyclic) bond motifs is 1. The van der Waals surface area contributed by atoms with Gasteiger partial charge in [0, 0.05) is 37.9 Å². The molecule has 0 spiro atoms. The van der Waals surface area contributed by atoms with Crippen LogP contribution in [0.5, 0.6) is 5.75 Å². The molecule has 1 aromatic heterocycles. The van der Waals surface area contributed by atoms with Crippen LogP contribution >= 0.6 is 0 Å². The number of aryl methyl sites for hydroxylation is 2. The maximum atomic E-state index is 9.58. The monoisotopic (exact) mass is 271 g/mol. The van der Waals surface area contributed by atoms with E-state index < -0.39 is 0 Å². The number of phenols is 1. The van der Waals surface area contributed by atoms with E-state index in [0.29, 0.717) is 11.8 Å². The normalized spacial score (nSPS) is 17.9. The van der Waals surface area contributed by atoms with E-state index in [4.69, 9.17) is 0 Å². The fraction of sp³-hybridized carbons (Fsp3) is 0.438. The van der Waals surface area contributed by atoms with Crippen molar-refractivity contribution >= 4 is 0 Å². The molecule has 1 aromatic carbocycles. The number of rotatable bonds is 4. The van der Waals surface area contributed by atoms with Gasteiger partial charge in [-0.1, -0.05) is 6.07 Å². The molecule has 1 aliphatic carbocycles. The molecule has 1 atom stereocenters. The minimum atomic E-state index is 0.374. The van der Waals surface area contributed by atoms with Gasteiger partial charge in [-0.15, -0.1) is 0 Å². The van der Waals surface area contributed by atoms with E-state index in [1.165, 1.54) is 29.7 Å². The predicted molar refractivity (Wildman–Crippen MR) is 78.7 cm³/mol. The fourth-order valence-electron chi connectivity index (χ4n) is 3.03. The summed E-state index contributed by atoms with van der Waals surface area (Å²) in [5.41, 5.74) is 3.88. The van der Waals surface area contributed by atoms with Gasteiger partial charge < -0.3 is 10.4 Å². The number of hydrogen-bond acceptors (Lipinski definition) is 3. The molecule has 2 aromatic rings. The van der Waals surface area contributed by atoms with E-state index in [1.54, 1.807) is 6.07 Å². The van der Waals surface area contributed by atoms with Crippen LogP contribution in [0.1, 0.15) is 35.7 Å². The maximum Gasteiger partial charge on any atom is 0.115 e. The van der Waals surface area contributed by atoms with Crippen molar-refractivity contribution in [2.24, 2.45) is 7.05 Å². The summed E-state index contributed by atoms with van der Waals surface area (Å²) in [5.74, 6) is 0.374. The van der Waals surface area contributed by atoms with E-state index in [0.717, 1.165) is 19.4 Å². The van der Waals surface area contributed by atoms with Crippen LogP contribution in [0, 0.1) is 0 Å². The minimum absolute atomic E-state index is 0.374. The van der Waals surface area contributed by atoms with E-state index in [1.807, 2.05) is 24.0 Å². The zero-order valence-corrected chi connectivity index (χ0v) is 11.8. The molecule has 4 nitrogen and oxygen atoms in total. The second-order valence-corrected chi connectivity index (χ2v) is 5.48. The molecule has 20 heavy (non-hydrogen) atoms. The zero-order valence-electron chi connectivity index (χ0n) is 11.8. The Bertz CT molecular complexity index is 591. The number of phenolic OH excluding ortho intramolecular Hbond substituents is 1. The third-order valence-electron chi connectivity index (χ3n) is 4.14. The van der Waals surface area contributed by atoms with Gasteiger partial charge in [0.15, 0.2) is 0 Å². The highest BCUT2D eigenvalue weighted by molar-refractivity contribution is 5.38. The second kappa shape index (κ2) is 5.67. The lowest BCUT2D eigenvalue weighted by Gasteiger charge is -2.26. The molecule has 0 aliphatic heterocycles. The van der Waals surface area contributed by atoms with Crippen LogP contribution in [-0.4, -0.2) is 21.4 Å². The van der Waals surface area contributed by atoms with Crippen molar-refractivity contribution in [2.45, 2.75) is 31.7 Å². The van der Waals surface area contributed by atoms with E-state index in [-0.39, 0.29) is 0 Å². The Morgan fingerprint density at radius 2 is 2.30 bits per heavy atom. The highest BCUT2D eigenvalue weighted by Crippen LogP contribution is 2.31. The Hall–Kier alpha value is -1.81. The van der Waals surface area contributed by atoms with Gasteiger partial charge in [0.05, 0.1) is 0 Å². The van der Waals surface area contributed by atoms with Crippen molar-refractivity contribution in [3.8, 4) is 5.75 Å². The minimum Gasteiger partial charge on any atom is -0.508 e. The third-order valence-corrected chi connectivity index (χ3v) is 4.14. The number of hydrogen-bond donors (Lipinski definition) is 2. The molecule has 0 amide bonds. The summed E-state index contributed by atoms with van der Waals surface area (Å²) >= 11 is 0. The standard InChI is InChI=1S/C16H21N3O/c1-19-13(8-10-18-19)7-9-17-16-4-2-3-12-11-14(20)5-6-15(12)16/h5-6,8,10-11,16-17,20H,2-4,7,9H2,1H3. The fourth-order valence-corrected chi connectivity index (χ4v) is 3.03. The first-order chi connectivity index (χ1) is 9.74. The van der Waals surface area contributed by atoms with Crippen LogP contribution in [0.15, 0.2) is 30.5 Å². The molecular weight excluding hydrogens is 250 g/mol. The van der Waals surface area contributed by atoms with Crippen LogP contribution in [0.4, 0.5) is 0 Å². The van der Waals surface area contributed by atoms with Crippen LogP contribution in [0.2, 0.25) is 0 Å². The average molecular weight is 271 g/mol. The first-order valence-electron chi connectivity index (χ1n) is 7.26. The Kier molecular flexibility index (Phi) is 3.74. The summed E-state index contributed by atoms with van der Waals surface area (Å²) < 4.78 is 1.93. The van der Waals surface area contributed by atoms with E-state index in [2.05, 4.69) is 22.5 Å². The van der Waals surface area contributed by atoms with Crippen LogP contribution < -0.4 is 5.32 Å². The first-order valence-corrected chi connectivity index (χ1v) is 7.26. The van der Waals surface area contributed by atoms with Gasteiger partial charge in [-0.2, -0.15) is 5.10 Å². The number of aromatic hydroxyl groups is 1. The lowest BCUT2D eigenvalue weighted by atomic mass is 9.87. The summed E-state index contributed by atoms with van der Waals surface area (Å²) in [6, 6.07) is 8.23. The molecule has 106 valence electrons. The molecule has 0 fully saturated rings. The summed E-state index contributed by atoms with van der Waals surface area (Å²) in [6.45, 7) is 0.949. The van der Waals surface area contributed by atoms with Crippen molar-refractivity contribution in [1.29, 1.82) is 0 Å². The van der Waals surface area contributed by atoms with E-state index in [9.17, 15) is 5.11 Å². The Labute approximate surface area is 119 Å².